The minimum atomic E-state index is -0.494. The van der Waals surface area contributed by atoms with E-state index < -0.39 is 5.60 Å². The highest BCUT2D eigenvalue weighted by Gasteiger charge is 2.27. The summed E-state index contributed by atoms with van der Waals surface area (Å²) in [6, 6.07) is 20.6. The molecule has 1 aliphatic heterocycles. The largest absolute Gasteiger partial charge is 0.490 e. The van der Waals surface area contributed by atoms with Crippen LogP contribution in [0.2, 0.25) is 0 Å². The van der Waals surface area contributed by atoms with Crippen molar-refractivity contribution in [1.82, 2.24) is 14.5 Å². The molecule has 0 unspecified atom stereocenters. The molecule has 0 radical (unpaired) electrons. The molecule has 0 aliphatic carbocycles. The highest BCUT2D eigenvalue weighted by Crippen LogP contribution is 2.27. The summed E-state index contributed by atoms with van der Waals surface area (Å²) in [6.45, 7) is 9.76. The summed E-state index contributed by atoms with van der Waals surface area (Å²) in [5.74, 6) is 1.88. The van der Waals surface area contributed by atoms with Crippen molar-refractivity contribution in [3.8, 4) is 11.8 Å². The second-order valence-corrected chi connectivity index (χ2v) is 11.3. The molecule has 1 aromatic heterocycles. The van der Waals surface area contributed by atoms with Gasteiger partial charge in [-0.15, -0.1) is 0 Å². The Morgan fingerprint density at radius 3 is 2.54 bits per heavy atom. The normalized spacial score (nSPS) is 14.5. The highest BCUT2D eigenvalue weighted by molar-refractivity contribution is 5.84. The molecule has 1 fully saturated rings. The van der Waals surface area contributed by atoms with E-state index in [1.165, 1.54) is 0 Å². The van der Waals surface area contributed by atoms with Gasteiger partial charge in [-0.3, -0.25) is 0 Å². The van der Waals surface area contributed by atoms with E-state index in [1.54, 1.807) is 4.90 Å². The molecule has 2 heterocycles. The van der Waals surface area contributed by atoms with Crippen molar-refractivity contribution in [3.63, 3.8) is 0 Å². The number of amides is 1. The van der Waals surface area contributed by atoms with Gasteiger partial charge < -0.3 is 18.9 Å². The fourth-order valence-electron chi connectivity index (χ4n) is 5.14. The Kier molecular flexibility index (Phi) is 7.47. The van der Waals surface area contributed by atoms with E-state index in [4.69, 9.17) is 14.5 Å². The Bertz CT molecular complexity index is 1540. The molecule has 5 rings (SSSR count). The number of aromatic nitrogens is 2. The number of rotatable bonds is 6. The predicted octanol–water partition coefficient (Wildman–Crippen LogP) is 6.84. The van der Waals surface area contributed by atoms with Crippen LogP contribution in [0.25, 0.3) is 21.8 Å². The van der Waals surface area contributed by atoms with Gasteiger partial charge in [-0.05, 0) is 73.9 Å². The number of likely N-dealkylation sites (tertiary alicyclic amines) is 1. The Balaban J connectivity index is 1.35. The SMILES string of the molecule is CCCc1nc2ccc(OC3CCN(C(=O)OC(C)(C)C)CC3)cc2n1Cc1ccc2ccc(C#N)cc2c1. The molecular formula is C32H36N4O3. The van der Waals surface area contributed by atoms with Crippen LogP contribution in [0.15, 0.2) is 54.6 Å². The Morgan fingerprint density at radius 2 is 1.82 bits per heavy atom. The van der Waals surface area contributed by atoms with Crippen LogP contribution < -0.4 is 4.74 Å². The van der Waals surface area contributed by atoms with E-state index in [2.05, 4.69) is 41.8 Å². The van der Waals surface area contributed by atoms with E-state index in [-0.39, 0.29) is 12.2 Å². The minimum Gasteiger partial charge on any atom is -0.490 e. The molecule has 7 heteroatoms. The molecule has 0 N–H and O–H groups in total. The summed E-state index contributed by atoms with van der Waals surface area (Å²) >= 11 is 0. The average molecular weight is 525 g/mol. The number of carbonyl (C=O) groups is 1. The predicted molar refractivity (Wildman–Crippen MR) is 153 cm³/mol. The topological polar surface area (TPSA) is 80.4 Å². The second-order valence-electron chi connectivity index (χ2n) is 11.3. The summed E-state index contributed by atoms with van der Waals surface area (Å²) in [5, 5.41) is 11.5. The molecule has 0 saturated carbocycles. The number of benzene rings is 3. The zero-order valence-corrected chi connectivity index (χ0v) is 23.2. The van der Waals surface area contributed by atoms with E-state index in [0.717, 1.165) is 64.6 Å². The first-order chi connectivity index (χ1) is 18.7. The van der Waals surface area contributed by atoms with E-state index >= 15 is 0 Å². The number of carbonyl (C=O) groups excluding carboxylic acids is 1. The second kappa shape index (κ2) is 11.0. The third kappa shape index (κ3) is 6.17. The first-order valence-corrected chi connectivity index (χ1v) is 13.8. The van der Waals surface area contributed by atoms with Crippen LogP contribution >= 0.6 is 0 Å². The van der Waals surface area contributed by atoms with E-state index in [0.29, 0.717) is 25.2 Å². The van der Waals surface area contributed by atoms with Gasteiger partial charge in [-0.25, -0.2) is 9.78 Å². The number of hydrogen-bond acceptors (Lipinski definition) is 5. The molecule has 3 aromatic carbocycles. The molecule has 0 atom stereocenters. The Morgan fingerprint density at radius 1 is 1.05 bits per heavy atom. The van der Waals surface area contributed by atoms with E-state index in [9.17, 15) is 10.1 Å². The number of ether oxygens (including phenoxy) is 2. The lowest BCUT2D eigenvalue weighted by molar-refractivity contribution is 0.0127. The quantitative estimate of drug-likeness (QED) is 0.276. The summed E-state index contributed by atoms with van der Waals surface area (Å²) in [6.07, 6.45) is 3.21. The molecule has 1 amide bonds. The van der Waals surface area contributed by atoms with Crippen LogP contribution in [0.5, 0.6) is 5.75 Å². The first kappa shape index (κ1) is 26.6. The minimum absolute atomic E-state index is 0.0439. The van der Waals surface area contributed by atoms with Crippen LogP contribution in [0.3, 0.4) is 0 Å². The maximum absolute atomic E-state index is 12.4. The number of hydrogen-bond donors (Lipinski definition) is 0. The maximum atomic E-state index is 12.4. The van der Waals surface area contributed by atoms with Gasteiger partial charge >= 0.3 is 6.09 Å². The smallest absolute Gasteiger partial charge is 0.410 e. The van der Waals surface area contributed by atoms with Crippen LogP contribution in [0.4, 0.5) is 4.79 Å². The zero-order chi connectivity index (χ0) is 27.6. The number of piperidine rings is 1. The lowest BCUT2D eigenvalue weighted by atomic mass is 10.0. The van der Waals surface area contributed by atoms with Crippen molar-refractivity contribution < 1.29 is 14.3 Å². The van der Waals surface area contributed by atoms with Crippen molar-refractivity contribution in [2.45, 2.75) is 71.6 Å². The third-order valence-corrected chi connectivity index (χ3v) is 7.04. The summed E-state index contributed by atoms with van der Waals surface area (Å²) in [5.41, 5.74) is 3.34. The molecule has 0 spiro atoms. The lowest BCUT2D eigenvalue weighted by Gasteiger charge is -2.33. The zero-order valence-electron chi connectivity index (χ0n) is 23.2. The monoisotopic (exact) mass is 524 g/mol. The molecule has 202 valence electrons. The fraction of sp³-hybridized carbons (Fsp3) is 0.406. The van der Waals surface area contributed by atoms with Crippen molar-refractivity contribution in [1.29, 1.82) is 5.26 Å². The molecular weight excluding hydrogens is 488 g/mol. The van der Waals surface area contributed by atoms with Crippen molar-refractivity contribution in [3.05, 3.63) is 71.5 Å². The molecule has 0 bridgehead atoms. The average Bonchev–Trinajstić information content (AvgIpc) is 3.24. The maximum Gasteiger partial charge on any atom is 0.410 e. The van der Waals surface area contributed by atoms with Gasteiger partial charge in [0.1, 0.15) is 23.3 Å². The van der Waals surface area contributed by atoms with Crippen LogP contribution in [-0.2, 0) is 17.7 Å². The van der Waals surface area contributed by atoms with E-state index in [1.807, 2.05) is 51.1 Å². The molecule has 4 aromatic rings. The molecule has 1 aliphatic rings. The van der Waals surface area contributed by atoms with Crippen molar-refractivity contribution >= 4 is 27.9 Å². The molecule has 1 saturated heterocycles. The number of fused-ring (bicyclic) bond motifs is 2. The number of aryl methyl sites for hydroxylation is 1. The molecule has 7 nitrogen and oxygen atoms in total. The molecule has 39 heavy (non-hydrogen) atoms. The van der Waals surface area contributed by atoms with Crippen LogP contribution in [-0.4, -0.2) is 45.3 Å². The van der Waals surface area contributed by atoms with Gasteiger partial charge in [0.25, 0.3) is 0 Å². The van der Waals surface area contributed by atoms with Crippen molar-refractivity contribution in [2.24, 2.45) is 0 Å². The van der Waals surface area contributed by atoms with Gasteiger partial charge in [-0.1, -0.05) is 25.1 Å². The summed E-state index contributed by atoms with van der Waals surface area (Å²) in [4.78, 5) is 19.1. The van der Waals surface area contributed by atoms with Crippen LogP contribution in [0, 0.1) is 11.3 Å². The van der Waals surface area contributed by atoms with Gasteiger partial charge in [0.2, 0.25) is 0 Å². The van der Waals surface area contributed by atoms with Crippen molar-refractivity contribution in [2.75, 3.05) is 13.1 Å². The van der Waals surface area contributed by atoms with Crippen LogP contribution in [0.1, 0.15) is 63.9 Å². The Labute approximate surface area is 229 Å². The van der Waals surface area contributed by atoms with Gasteiger partial charge in [0.15, 0.2) is 0 Å². The summed E-state index contributed by atoms with van der Waals surface area (Å²) in [7, 11) is 0. The highest BCUT2D eigenvalue weighted by atomic mass is 16.6. The third-order valence-electron chi connectivity index (χ3n) is 7.04. The number of nitriles is 1. The first-order valence-electron chi connectivity index (χ1n) is 13.8. The number of imidazole rings is 1. The lowest BCUT2D eigenvalue weighted by Crippen LogP contribution is -2.44. The Hall–Kier alpha value is -4.05. The summed E-state index contributed by atoms with van der Waals surface area (Å²) < 4.78 is 14.2. The standard InChI is InChI=1S/C32H36N4O3/c1-5-6-30-34-28-12-11-27(38-26-13-15-35(16-14-26)31(37)39-32(2,3)4)19-29(28)36(30)21-23-8-10-24-9-7-22(20-33)17-25(24)18-23/h7-12,17-19,26H,5-6,13-16,21H2,1-4H3. The number of nitrogens with zero attached hydrogens (tertiary/aromatic N) is 4. The van der Waals surface area contributed by atoms with Gasteiger partial charge in [0.05, 0.1) is 22.7 Å². The van der Waals surface area contributed by atoms with Gasteiger partial charge in [0, 0.05) is 45.0 Å². The fourth-order valence-corrected chi connectivity index (χ4v) is 5.14. The van der Waals surface area contributed by atoms with Gasteiger partial charge in [-0.2, -0.15) is 5.26 Å².